The van der Waals surface area contributed by atoms with Gasteiger partial charge in [-0.15, -0.1) is 0 Å². The number of hydrogen-bond donors (Lipinski definition) is 3. The molecule has 1 aromatic carbocycles. The number of aliphatic hydroxyl groups is 1. The van der Waals surface area contributed by atoms with Gasteiger partial charge in [-0.2, -0.15) is 0 Å². The second-order valence-corrected chi connectivity index (χ2v) is 6.22. The van der Waals surface area contributed by atoms with Crippen molar-refractivity contribution in [1.82, 2.24) is 5.32 Å². The zero-order valence-corrected chi connectivity index (χ0v) is 13.1. The molecule has 0 spiro atoms. The Morgan fingerprint density at radius 2 is 2.24 bits per heavy atom. The van der Waals surface area contributed by atoms with Crippen molar-refractivity contribution in [3.63, 3.8) is 0 Å². The molecule has 0 aliphatic heterocycles. The van der Waals surface area contributed by atoms with Crippen LogP contribution in [0.3, 0.4) is 0 Å². The van der Waals surface area contributed by atoms with Crippen LogP contribution in [-0.4, -0.2) is 29.7 Å². The molecule has 21 heavy (non-hydrogen) atoms. The average molecular weight is 311 g/mol. The summed E-state index contributed by atoms with van der Waals surface area (Å²) in [5.41, 5.74) is 0.716. The first-order chi connectivity index (χ1) is 10.1. The Kier molecular flexibility index (Phi) is 6.03. The monoisotopic (exact) mass is 310 g/mol. The molecule has 1 amide bonds. The maximum absolute atomic E-state index is 12.0. The Labute approximate surface area is 130 Å². The minimum absolute atomic E-state index is 0.0317. The van der Waals surface area contributed by atoms with Crippen LogP contribution in [0.5, 0.6) is 0 Å². The van der Waals surface area contributed by atoms with Crippen LogP contribution in [0.25, 0.3) is 0 Å². The van der Waals surface area contributed by atoms with Gasteiger partial charge in [-0.3, -0.25) is 4.79 Å². The highest BCUT2D eigenvalue weighted by molar-refractivity contribution is 6.30. The minimum atomic E-state index is -0.0317. The van der Waals surface area contributed by atoms with Crippen LogP contribution in [0.2, 0.25) is 5.02 Å². The van der Waals surface area contributed by atoms with E-state index in [1.807, 2.05) is 19.1 Å². The van der Waals surface area contributed by atoms with Crippen LogP contribution in [0.1, 0.15) is 32.6 Å². The molecule has 2 rings (SSSR count). The van der Waals surface area contributed by atoms with Crippen molar-refractivity contribution in [1.29, 1.82) is 0 Å². The van der Waals surface area contributed by atoms with E-state index in [0.29, 0.717) is 29.1 Å². The van der Waals surface area contributed by atoms with Gasteiger partial charge in [0.1, 0.15) is 0 Å². The van der Waals surface area contributed by atoms with E-state index in [2.05, 4.69) is 10.6 Å². The Hall–Kier alpha value is -1.10. The van der Waals surface area contributed by atoms with E-state index in [4.69, 9.17) is 16.7 Å². The van der Waals surface area contributed by atoms with Crippen LogP contribution in [0.15, 0.2) is 24.3 Å². The predicted molar refractivity (Wildman–Crippen MR) is 85.5 cm³/mol. The molecule has 0 radical (unpaired) electrons. The fourth-order valence-corrected chi connectivity index (χ4v) is 2.76. The van der Waals surface area contributed by atoms with Crippen LogP contribution in [0.4, 0.5) is 5.69 Å². The number of carbonyl (C=O) groups is 1. The number of carbonyl (C=O) groups excluding carboxylic acids is 1. The highest BCUT2D eigenvalue weighted by Crippen LogP contribution is 2.34. The highest BCUT2D eigenvalue weighted by Gasteiger charge is 2.31. The van der Waals surface area contributed by atoms with Gasteiger partial charge in [0, 0.05) is 35.8 Å². The number of rotatable bonds is 8. The normalized spacial score (nSPS) is 17.3. The number of nitrogens with one attached hydrogen (secondary N) is 2. The Morgan fingerprint density at radius 3 is 2.86 bits per heavy atom. The van der Waals surface area contributed by atoms with Gasteiger partial charge in [-0.05, 0) is 50.3 Å². The fourth-order valence-electron chi connectivity index (χ4n) is 2.57. The van der Waals surface area contributed by atoms with Crippen molar-refractivity contribution in [2.45, 2.75) is 44.7 Å². The summed E-state index contributed by atoms with van der Waals surface area (Å²) >= 11 is 5.89. The number of amides is 1. The molecular formula is C16H23ClN2O2. The van der Waals surface area contributed by atoms with Gasteiger partial charge >= 0.3 is 0 Å². The predicted octanol–water partition coefficient (Wildman–Crippen LogP) is 2.81. The lowest BCUT2D eigenvalue weighted by Crippen LogP contribution is -2.40. The molecule has 5 heteroatoms. The third-order valence-corrected chi connectivity index (χ3v) is 3.96. The van der Waals surface area contributed by atoms with Crippen molar-refractivity contribution in [2.24, 2.45) is 5.92 Å². The zero-order valence-electron chi connectivity index (χ0n) is 12.3. The van der Waals surface area contributed by atoms with Gasteiger partial charge < -0.3 is 15.7 Å². The second-order valence-electron chi connectivity index (χ2n) is 5.79. The van der Waals surface area contributed by atoms with Crippen molar-refractivity contribution >= 4 is 23.2 Å². The van der Waals surface area contributed by atoms with E-state index < -0.39 is 0 Å². The van der Waals surface area contributed by atoms with E-state index in [1.165, 1.54) is 12.8 Å². The molecule has 0 heterocycles. The lowest BCUT2D eigenvalue weighted by Gasteiger charge is -2.22. The summed E-state index contributed by atoms with van der Waals surface area (Å²) in [5.74, 6) is 0.631. The lowest BCUT2D eigenvalue weighted by molar-refractivity contribution is -0.116. The summed E-state index contributed by atoms with van der Waals surface area (Å²) in [7, 11) is 0. The fraction of sp³-hybridized carbons (Fsp3) is 0.562. The van der Waals surface area contributed by atoms with Crippen molar-refractivity contribution in [3.8, 4) is 0 Å². The molecule has 0 aromatic heterocycles. The molecule has 1 aliphatic rings. The topological polar surface area (TPSA) is 61.4 Å². The number of anilines is 1. The first-order valence-corrected chi connectivity index (χ1v) is 7.88. The van der Waals surface area contributed by atoms with Crippen molar-refractivity contribution in [2.75, 3.05) is 11.9 Å². The summed E-state index contributed by atoms with van der Waals surface area (Å²) in [4.78, 5) is 12.0. The molecule has 0 bridgehead atoms. The smallest absolute Gasteiger partial charge is 0.225 e. The molecule has 1 saturated carbocycles. The SMILES string of the molecule is CC(CC(=O)Nc1cccc(Cl)c1)NC(CCO)C1CC1. The molecular weight excluding hydrogens is 288 g/mol. The van der Waals surface area contributed by atoms with Crippen molar-refractivity contribution < 1.29 is 9.90 Å². The maximum Gasteiger partial charge on any atom is 0.225 e. The van der Waals surface area contributed by atoms with Crippen LogP contribution < -0.4 is 10.6 Å². The van der Waals surface area contributed by atoms with Gasteiger partial charge in [0.05, 0.1) is 0 Å². The van der Waals surface area contributed by atoms with Gasteiger partial charge in [-0.25, -0.2) is 0 Å². The van der Waals surface area contributed by atoms with E-state index in [1.54, 1.807) is 12.1 Å². The summed E-state index contributed by atoms with van der Waals surface area (Å²) < 4.78 is 0. The van der Waals surface area contributed by atoms with Crippen molar-refractivity contribution in [3.05, 3.63) is 29.3 Å². The molecule has 0 saturated heterocycles. The first-order valence-electron chi connectivity index (χ1n) is 7.51. The second kappa shape index (κ2) is 7.78. The van der Waals surface area contributed by atoms with E-state index >= 15 is 0 Å². The van der Waals surface area contributed by atoms with Gasteiger partial charge in [0.2, 0.25) is 5.91 Å². The lowest BCUT2D eigenvalue weighted by atomic mass is 10.1. The molecule has 116 valence electrons. The van der Waals surface area contributed by atoms with E-state index in [9.17, 15) is 4.79 Å². The zero-order chi connectivity index (χ0) is 15.2. The van der Waals surface area contributed by atoms with Gasteiger partial charge in [0.25, 0.3) is 0 Å². The molecule has 1 aromatic rings. The van der Waals surface area contributed by atoms with Gasteiger partial charge in [-0.1, -0.05) is 17.7 Å². The number of hydrogen-bond acceptors (Lipinski definition) is 3. The average Bonchev–Trinajstić information content (AvgIpc) is 3.22. The number of aliphatic hydroxyl groups excluding tert-OH is 1. The molecule has 1 aliphatic carbocycles. The quantitative estimate of drug-likeness (QED) is 0.692. The number of halogens is 1. The van der Waals surface area contributed by atoms with Gasteiger partial charge in [0.15, 0.2) is 0 Å². The number of benzene rings is 1. The molecule has 3 N–H and O–H groups in total. The van der Waals surface area contributed by atoms with Crippen LogP contribution in [-0.2, 0) is 4.79 Å². The Bertz CT molecular complexity index is 477. The molecule has 2 unspecified atom stereocenters. The Morgan fingerprint density at radius 1 is 1.48 bits per heavy atom. The Balaban J connectivity index is 1.78. The molecule has 4 nitrogen and oxygen atoms in total. The standard InChI is InChI=1S/C16H23ClN2O2/c1-11(18-15(7-8-20)12-5-6-12)9-16(21)19-14-4-2-3-13(17)10-14/h2-4,10-12,15,18,20H,5-9H2,1H3,(H,19,21). The molecule has 2 atom stereocenters. The molecule has 1 fully saturated rings. The third-order valence-electron chi connectivity index (χ3n) is 3.73. The van der Waals surface area contributed by atoms with E-state index in [-0.39, 0.29) is 18.6 Å². The summed E-state index contributed by atoms with van der Waals surface area (Å²) in [6.45, 7) is 2.19. The maximum atomic E-state index is 12.0. The largest absolute Gasteiger partial charge is 0.396 e. The van der Waals surface area contributed by atoms with Crippen LogP contribution in [0, 0.1) is 5.92 Å². The first kappa shape index (κ1) is 16.3. The third kappa shape index (κ3) is 5.65. The summed E-state index contributed by atoms with van der Waals surface area (Å²) in [5, 5.41) is 16.0. The highest BCUT2D eigenvalue weighted by atomic mass is 35.5. The summed E-state index contributed by atoms with van der Waals surface area (Å²) in [6, 6.07) is 7.54. The minimum Gasteiger partial charge on any atom is -0.396 e. The summed E-state index contributed by atoms with van der Waals surface area (Å²) in [6.07, 6.45) is 3.60. The van der Waals surface area contributed by atoms with Crippen LogP contribution >= 0.6 is 11.6 Å². The van der Waals surface area contributed by atoms with E-state index in [0.717, 1.165) is 6.42 Å².